The summed E-state index contributed by atoms with van der Waals surface area (Å²) in [6.07, 6.45) is 3.53. The summed E-state index contributed by atoms with van der Waals surface area (Å²) >= 11 is 2.81. The lowest BCUT2D eigenvalue weighted by atomic mass is 10.2. The van der Waals surface area contributed by atoms with Crippen LogP contribution in [0.25, 0.3) is 0 Å². The smallest absolute Gasteiger partial charge is 0.387 e. The zero-order chi connectivity index (χ0) is 10.4. The van der Waals surface area contributed by atoms with E-state index in [1.54, 1.807) is 11.6 Å². The lowest BCUT2D eigenvalue weighted by molar-refractivity contribution is -0.0708. The minimum atomic E-state index is -1.31. The first kappa shape index (κ1) is 12.1. The first-order valence-electron chi connectivity index (χ1n) is 3.69. The Labute approximate surface area is 90.3 Å². The zero-order valence-corrected chi connectivity index (χ0v) is 9.31. The standard InChI is InChI=1S/C6H9BFNO3S2/c1-10-7(12-8)11-6-5(13-2)9-3-4-14-6/h3-4,6H,1-2H3. The highest BCUT2D eigenvalue weighted by Crippen LogP contribution is 2.25. The van der Waals surface area contributed by atoms with Crippen LogP contribution >= 0.6 is 23.5 Å². The average molecular weight is 237 g/mol. The van der Waals surface area contributed by atoms with Gasteiger partial charge in [-0.05, 0) is 11.7 Å². The molecule has 0 radical (unpaired) electrons. The molecule has 1 atom stereocenters. The minimum absolute atomic E-state index is 0.379. The molecule has 4 nitrogen and oxygen atoms in total. The minimum Gasteiger partial charge on any atom is -0.387 e. The van der Waals surface area contributed by atoms with Crippen molar-refractivity contribution in [2.24, 2.45) is 4.99 Å². The summed E-state index contributed by atoms with van der Waals surface area (Å²) in [6, 6.07) is 0. The van der Waals surface area contributed by atoms with Crippen LogP contribution in [0.2, 0.25) is 0 Å². The molecule has 0 aromatic heterocycles. The number of halogens is 1. The van der Waals surface area contributed by atoms with Crippen molar-refractivity contribution in [2.45, 2.75) is 5.44 Å². The number of aliphatic imine (C=N–C) groups is 1. The molecular weight excluding hydrogens is 228 g/mol. The van der Waals surface area contributed by atoms with Gasteiger partial charge in [0.1, 0.15) is 10.5 Å². The molecule has 0 N–H and O–H groups in total. The molecule has 1 aliphatic heterocycles. The fourth-order valence-corrected chi connectivity index (χ4v) is 2.26. The highest BCUT2D eigenvalue weighted by atomic mass is 32.2. The predicted octanol–water partition coefficient (Wildman–Crippen LogP) is 1.84. The molecule has 78 valence electrons. The summed E-state index contributed by atoms with van der Waals surface area (Å²) in [7, 11) is -0.0138. The van der Waals surface area contributed by atoms with Crippen molar-refractivity contribution in [3.8, 4) is 0 Å². The lowest BCUT2D eigenvalue weighted by Gasteiger charge is -2.19. The SMILES string of the molecule is COB(OF)OC1SC=CN=C1SC. The molecule has 0 fully saturated rings. The van der Waals surface area contributed by atoms with Crippen molar-refractivity contribution in [3.05, 3.63) is 11.6 Å². The quantitative estimate of drug-likeness (QED) is 0.697. The van der Waals surface area contributed by atoms with Crippen LogP contribution in [-0.4, -0.2) is 31.2 Å². The van der Waals surface area contributed by atoms with Gasteiger partial charge in [-0.2, -0.15) is 4.86 Å². The van der Waals surface area contributed by atoms with Gasteiger partial charge in [0.25, 0.3) is 0 Å². The Bertz CT molecular complexity index is 237. The monoisotopic (exact) mass is 237 g/mol. The molecule has 1 aliphatic rings. The Kier molecular flexibility index (Phi) is 5.57. The largest absolute Gasteiger partial charge is 0.673 e. The second kappa shape index (κ2) is 6.47. The van der Waals surface area contributed by atoms with Crippen LogP contribution in [0.4, 0.5) is 4.53 Å². The maximum absolute atomic E-state index is 11.8. The maximum Gasteiger partial charge on any atom is 0.673 e. The van der Waals surface area contributed by atoms with E-state index in [0.29, 0.717) is 0 Å². The van der Waals surface area contributed by atoms with Crippen LogP contribution in [0.3, 0.4) is 0 Å². The normalized spacial score (nSPS) is 20.8. The Morgan fingerprint density at radius 2 is 2.50 bits per heavy atom. The van der Waals surface area contributed by atoms with Gasteiger partial charge in [-0.25, -0.2) is 0 Å². The van der Waals surface area contributed by atoms with Gasteiger partial charge >= 0.3 is 7.32 Å². The summed E-state index contributed by atoms with van der Waals surface area (Å²) in [4.78, 5) is 7.52. The van der Waals surface area contributed by atoms with Crippen molar-refractivity contribution in [2.75, 3.05) is 13.4 Å². The molecule has 0 spiro atoms. The fourth-order valence-electron chi connectivity index (χ4n) is 0.783. The number of rotatable bonds is 4. The molecule has 0 aliphatic carbocycles. The summed E-state index contributed by atoms with van der Waals surface area (Å²) in [5.74, 6) is 0. The molecule has 0 saturated heterocycles. The van der Waals surface area contributed by atoms with Crippen molar-refractivity contribution < 1.29 is 18.7 Å². The second-order valence-electron chi connectivity index (χ2n) is 2.17. The Hall–Kier alpha value is -0.0151. The van der Waals surface area contributed by atoms with E-state index >= 15 is 0 Å². The number of hydrogen-bond donors (Lipinski definition) is 0. The molecular formula is C6H9BFNO3S2. The van der Waals surface area contributed by atoms with E-state index in [1.807, 2.05) is 6.26 Å². The molecule has 0 saturated carbocycles. The van der Waals surface area contributed by atoms with Gasteiger partial charge in [-0.3, -0.25) is 4.99 Å². The van der Waals surface area contributed by atoms with Crippen LogP contribution in [0.1, 0.15) is 0 Å². The molecule has 1 unspecified atom stereocenters. The van der Waals surface area contributed by atoms with Crippen LogP contribution in [0.5, 0.6) is 0 Å². The second-order valence-corrected chi connectivity index (χ2v) is 3.97. The third-order valence-corrected chi connectivity index (χ3v) is 3.12. The highest BCUT2D eigenvalue weighted by molar-refractivity contribution is 8.16. The number of hydrogen-bond acceptors (Lipinski definition) is 6. The van der Waals surface area contributed by atoms with Crippen molar-refractivity contribution in [1.29, 1.82) is 0 Å². The van der Waals surface area contributed by atoms with Crippen LogP contribution in [0.15, 0.2) is 16.6 Å². The highest BCUT2D eigenvalue weighted by Gasteiger charge is 2.29. The summed E-state index contributed by atoms with van der Waals surface area (Å²) in [5.41, 5.74) is -0.379. The van der Waals surface area contributed by atoms with Gasteiger partial charge in [0.2, 0.25) is 0 Å². The molecule has 0 aromatic rings. The van der Waals surface area contributed by atoms with Gasteiger partial charge in [0, 0.05) is 13.3 Å². The molecule has 0 bridgehead atoms. The molecule has 8 heteroatoms. The third kappa shape index (κ3) is 3.28. The lowest BCUT2D eigenvalue weighted by Crippen LogP contribution is -2.31. The van der Waals surface area contributed by atoms with E-state index in [-0.39, 0.29) is 5.44 Å². The first-order valence-corrected chi connectivity index (χ1v) is 5.86. The summed E-state index contributed by atoms with van der Waals surface area (Å²) in [5, 5.41) is 2.51. The molecule has 0 aromatic carbocycles. The van der Waals surface area contributed by atoms with Gasteiger partial charge in [-0.15, -0.1) is 11.8 Å². The number of thioether (sulfide) groups is 2. The summed E-state index contributed by atoms with van der Waals surface area (Å²) < 4.78 is 21.5. The van der Waals surface area contributed by atoms with Crippen molar-refractivity contribution >= 4 is 35.9 Å². The molecule has 0 amide bonds. The zero-order valence-electron chi connectivity index (χ0n) is 7.68. The van der Waals surface area contributed by atoms with E-state index in [9.17, 15) is 4.53 Å². The van der Waals surface area contributed by atoms with Gasteiger partial charge in [-0.1, -0.05) is 16.3 Å². The average Bonchev–Trinajstić information content (AvgIpc) is 2.26. The van der Waals surface area contributed by atoms with Crippen LogP contribution in [0, 0.1) is 0 Å². The van der Waals surface area contributed by atoms with E-state index in [2.05, 4.69) is 14.5 Å². The van der Waals surface area contributed by atoms with Crippen LogP contribution in [-0.2, 0) is 14.2 Å². The van der Waals surface area contributed by atoms with E-state index < -0.39 is 7.32 Å². The first-order chi connectivity index (χ1) is 6.81. The van der Waals surface area contributed by atoms with Crippen molar-refractivity contribution in [1.82, 2.24) is 0 Å². The molecule has 14 heavy (non-hydrogen) atoms. The van der Waals surface area contributed by atoms with Gasteiger partial charge in [0.05, 0.1) is 0 Å². The fraction of sp³-hybridized carbons (Fsp3) is 0.500. The predicted molar refractivity (Wildman–Crippen MR) is 57.5 cm³/mol. The maximum atomic E-state index is 11.8. The topological polar surface area (TPSA) is 40.0 Å². The summed E-state index contributed by atoms with van der Waals surface area (Å²) in [6.45, 7) is 0. The Morgan fingerprint density at radius 1 is 1.71 bits per heavy atom. The third-order valence-electron chi connectivity index (χ3n) is 1.38. The molecule has 1 heterocycles. The van der Waals surface area contributed by atoms with E-state index in [4.69, 9.17) is 4.65 Å². The molecule has 1 rings (SSSR count). The van der Waals surface area contributed by atoms with Gasteiger partial charge in [0.15, 0.2) is 0 Å². The van der Waals surface area contributed by atoms with Gasteiger partial charge < -0.3 is 9.31 Å². The van der Waals surface area contributed by atoms with E-state index in [0.717, 1.165) is 5.04 Å². The Balaban J connectivity index is 2.51. The van der Waals surface area contributed by atoms with Crippen LogP contribution < -0.4 is 0 Å². The number of nitrogens with zero attached hydrogens (tertiary/aromatic N) is 1. The Morgan fingerprint density at radius 3 is 3.07 bits per heavy atom. The van der Waals surface area contributed by atoms with E-state index in [1.165, 1.54) is 30.6 Å². The van der Waals surface area contributed by atoms with Crippen molar-refractivity contribution in [3.63, 3.8) is 0 Å².